The van der Waals surface area contributed by atoms with E-state index in [1.54, 1.807) is 0 Å². The molecule has 1 saturated carbocycles. The molecule has 1 nitrogen and oxygen atoms in total. The number of aliphatic hydroxyl groups is 1. The van der Waals surface area contributed by atoms with Crippen LogP contribution in [-0.4, -0.2) is 22.7 Å². The van der Waals surface area contributed by atoms with E-state index in [2.05, 4.69) is 6.92 Å². The van der Waals surface area contributed by atoms with Crippen molar-refractivity contribution in [3.05, 3.63) is 0 Å². The van der Waals surface area contributed by atoms with E-state index in [1.165, 1.54) is 25.7 Å². The Kier molecular flexibility index (Phi) is 4.31. The average Bonchev–Trinajstić information content (AvgIpc) is 2.52. The van der Waals surface area contributed by atoms with Gasteiger partial charge >= 0.3 is 0 Å². The highest BCUT2D eigenvalue weighted by Gasteiger charge is 2.22. The summed E-state index contributed by atoms with van der Waals surface area (Å²) in [6, 6.07) is 0. The molecule has 1 rings (SSSR count). The fraction of sp³-hybridized carbons (Fsp3) is 1.00. The van der Waals surface area contributed by atoms with Gasteiger partial charge < -0.3 is 5.11 Å². The first-order valence-electron chi connectivity index (χ1n) is 4.60. The summed E-state index contributed by atoms with van der Waals surface area (Å²) in [5, 5.41) is 9.66. The van der Waals surface area contributed by atoms with Gasteiger partial charge in [0.2, 0.25) is 0 Å². The monoisotopic (exact) mass is 174 g/mol. The van der Waals surface area contributed by atoms with E-state index in [-0.39, 0.29) is 6.10 Å². The minimum absolute atomic E-state index is 0.0255. The second-order valence-corrected chi connectivity index (χ2v) is 4.59. The quantitative estimate of drug-likeness (QED) is 0.705. The smallest absolute Gasteiger partial charge is 0.0658 e. The van der Waals surface area contributed by atoms with Crippen LogP contribution in [0.3, 0.4) is 0 Å². The Balaban J connectivity index is 2.12. The third-order valence-electron chi connectivity index (χ3n) is 2.44. The molecule has 0 radical (unpaired) electrons. The van der Waals surface area contributed by atoms with Gasteiger partial charge in [-0.25, -0.2) is 0 Å². The van der Waals surface area contributed by atoms with E-state index in [0.717, 1.165) is 11.5 Å². The van der Waals surface area contributed by atoms with Crippen LogP contribution in [0.4, 0.5) is 0 Å². The first-order valence-corrected chi connectivity index (χ1v) is 5.76. The van der Waals surface area contributed by atoms with Crippen molar-refractivity contribution >= 4 is 11.8 Å². The molecule has 2 heteroatoms. The summed E-state index contributed by atoms with van der Waals surface area (Å²) < 4.78 is 0. The van der Waals surface area contributed by atoms with E-state index in [0.29, 0.717) is 5.92 Å². The molecule has 0 aromatic rings. The van der Waals surface area contributed by atoms with Crippen molar-refractivity contribution in [3.8, 4) is 0 Å². The highest BCUT2D eigenvalue weighted by molar-refractivity contribution is 7.99. The summed E-state index contributed by atoms with van der Waals surface area (Å²) in [7, 11) is 0. The van der Waals surface area contributed by atoms with Crippen LogP contribution in [0.2, 0.25) is 0 Å². The predicted molar refractivity (Wildman–Crippen MR) is 51.0 cm³/mol. The molecule has 1 aliphatic carbocycles. The fourth-order valence-corrected chi connectivity index (χ4v) is 2.47. The van der Waals surface area contributed by atoms with Crippen LogP contribution in [0.5, 0.6) is 0 Å². The van der Waals surface area contributed by atoms with Crippen LogP contribution >= 0.6 is 11.8 Å². The van der Waals surface area contributed by atoms with Crippen LogP contribution in [0.25, 0.3) is 0 Å². The predicted octanol–water partition coefficient (Wildman–Crippen LogP) is 2.29. The first-order chi connectivity index (χ1) is 5.34. The van der Waals surface area contributed by atoms with Gasteiger partial charge in [-0.1, -0.05) is 19.8 Å². The number of rotatable bonds is 4. The largest absolute Gasteiger partial charge is 0.392 e. The standard InChI is InChI=1S/C9H18OS/c1-2-11-7-9(10)8-5-3-4-6-8/h8-10H,2-7H2,1H3. The molecule has 66 valence electrons. The summed E-state index contributed by atoms with van der Waals surface area (Å²) in [6.07, 6.45) is 5.15. The Bertz CT molecular complexity index is 99.7. The number of hydrogen-bond acceptors (Lipinski definition) is 2. The molecule has 0 heterocycles. The van der Waals surface area contributed by atoms with Crippen molar-refractivity contribution < 1.29 is 5.11 Å². The second kappa shape index (κ2) is 5.04. The van der Waals surface area contributed by atoms with Crippen molar-refractivity contribution in [3.63, 3.8) is 0 Å². The van der Waals surface area contributed by atoms with Crippen LogP contribution in [-0.2, 0) is 0 Å². The minimum Gasteiger partial charge on any atom is -0.392 e. The Morgan fingerprint density at radius 2 is 2.09 bits per heavy atom. The Labute approximate surface area is 73.6 Å². The SMILES string of the molecule is CCSCC(O)C1CCCC1. The van der Waals surface area contributed by atoms with Crippen LogP contribution in [0.15, 0.2) is 0 Å². The van der Waals surface area contributed by atoms with Gasteiger partial charge in [0.05, 0.1) is 6.10 Å². The van der Waals surface area contributed by atoms with Gasteiger partial charge in [0.15, 0.2) is 0 Å². The Morgan fingerprint density at radius 1 is 1.45 bits per heavy atom. The molecule has 1 aliphatic rings. The van der Waals surface area contributed by atoms with Crippen molar-refractivity contribution in [1.82, 2.24) is 0 Å². The average molecular weight is 174 g/mol. The lowest BCUT2D eigenvalue weighted by atomic mass is 10.0. The number of aliphatic hydroxyl groups excluding tert-OH is 1. The molecule has 0 saturated heterocycles. The summed E-state index contributed by atoms with van der Waals surface area (Å²) in [4.78, 5) is 0. The van der Waals surface area contributed by atoms with E-state index in [4.69, 9.17) is 0 Å². The minimum atomic E-state index is -0.0255. The maximum absolute atomic E-state index is 9.66. The second-order valence-electron chi connectivity index (χ2n) is 3.27. The van der Waals surface area contributed by atoms with Gasteiger partial charge in [-0.3, -0.25) is 0 Å². The molecule has 1 atom stereocenters. The lowest BCUT2D eigenvalue weighted by Gasteiger charge is -2.16. The zero-order valence-corrected chi connectivity index (χ0v) is 8.07. The topological polar surface area (TPSA) is 20.2 Å². The third kappa shape index (κ3) is 3.04. The summed E-state index contributed by atoms with van der Waals surface area (Å²) >= 11 is 1.85. The summed E-state index contributed by atoms with van der Waals surface area (Å²) in [5.74, 6) is 2.69. The lowest BCUT2D eigenvalue weighted by molar-refractivity contribution is 0.133. The van der Waals surface area contributed by atoms with Crippen molar-refractivity contribution in [2.45, 2.75) is 38.7 Å². The molecule has 1 fully saturated rings. The van der Waals surface area contributed by atoms with Gasteiger partial charge in [-0.05, 0) is 24.5 Å². The number of hydrogen-bond donors (Lipinski definition) is 1. The van der Waals surface area contributed by atoms with Crippen LogP contribution < -0.4 is 0 Å². The highest BCUT2D eigenvalue weighted by Crippen LogP contribution is 2.28. The van der Waals surface area contributed by atoms with Crippen molar-refractivity contribution in [1.29, 1.82) is 0 Å². The fourth-order valence-electron chi connectivity index (χ4n) is 1.72. The molecule has 11 heavy (non-hydrogen) atoms. The molecule has 0 bridgehead atoms. The molecular weight excluding hydrogens is 156 g/mol. The molecular formula is C9H18OS. The van der Waals surface area contributed by atoms with Crippen molar-refractivity contribution in [2.75, 3.05) is 11.5 Å². The normalized spacial score (nSPS) is 22.4. The van der Waals surface area contributed by atoms with E-state index in [9.17, 15) is 5.11 Å². The Hall–Kier alpha value is 0.310. The van der Waals surface area contributed by atoms with Gasteiger partial charge in [-0.15, -0.1) is 0 Å². The molecule has 0 spiro atoms. The zero-order chi connectivity index (χ0) is 8.10. The third-order valence-corrected chi connectivity index (χ3v) is 3.42. The van der Waals surface area contributed by atoms with Gasteiger partial charge in [0, 0.05) is 5.75 Å². The molecule has 0 amide bonds. The lowest BCUT2D eigenvalue weighted by Crippen LogP contribution is -2.20. The van der Waals surface area contributed by atoms with Gasteiger partial charge in [-0.2, -0.15) is 11.8 Å². The number of thioether (sulfide) groups is 1. The Morgan fingerprint density at radius 3 is 2.64 bits per heavy atom. The maximum atomic E-state index is 9.66. The van der Waals surface area contributed by atoms with Crippen LogP contribution in [0.1, 0.15) is 32.6 Å². The van der Waals surface area contributed by atoms with Crippen LogP contribution in [0, 0.1) is 5.92 Å². The summed E-state index contributed by atoms with van der Waals surface area (Å²) in [6.45, 7) is 2.14. The van der Waals surface area contributed by atoms with Gasteiger partial charge in [0.1, 0.15) is 0 Å². The van der Waals surface area contributed by atoms with E-state index in [1.807, 2.05) is 11.8 Å². The van der Waals surface area contributed by atoms with Gasteiger partial charge in [0.25, 0.3) is 0 Å². The maximum Gasteiger partial charge on any atom is 0.0658 e. The highest BCUT2D eigenvalue weighted by atomic mass is 32.2. The van der Waals surface area contributed by atoms with E-state index >= 15 is 0 Å². The molecule has 0 aromatic heterocycles. The van der Waals surface area contributed by atoms with E-state index < -0.39 is 0 Å². The molecule has 1 N–H and O–H groups in total. The molecule has 0 aromatic carbocycles. The molecule has 0 aliphatic heterocycles. The zero-order valence-electron chi connectivity index (χ0n) is 7.25. The first kappa shape index (κ1) is 9.40. The molecule has 1 unspecified atom stereocenters. The summed E-state index contributed by atoms with van der Waals surface area (Å²) in [5.41, 5.74) is 0. The van der Waals surface area contributed by atoms with Crippen molar-refractivity contribution in [2.24, 2.45) is 5.92 Å².